The Labute approximate surface area is 257 Å². The number of benzene rings is 1. The molecule has 1 aliphatic heterocycles. The summed E-state index contributed by atoms with van der Waals surface area (Å²) in [6.45, 7) is 5.18. The molecular formula is C25H26N9NaO3S2. The summed E-state index contributed by atoms with van der Waals surface area (Å²) in [5, 5.41) is 15.7. The first-order chi connectivity index (χ1) is 19.0. The van der Waals surface area contributed by atoms with E-state index in [9.17, 15) is 8.42 Å². The fourth-order valence-electron chi connectivity index (χ4n) is 4.12. The normalized spacial score (nSPS) is 14.1. The molecule has 0 spiro atoms. The van der Waals surface area contributed by atoms with Gasteiger partial charge in [0.05, 0.1) is 37.0 Å². The fraction of sp³-hybridized carbons (Fsp3) is 0.240. The van der Waals surface area contributed by atoms with Gasteiger partial charge in [-0.2, -0.15) is 13.5 Å². The molecular weight excluding hydrogens is 561 g/mol. The predicted octanol–water partition coefficient (Wildman–Crippen LogP) is 2.57. The van der Waals surface area contributed by atoms with Gasteiger partial charge in [0.25, 0.3) is 14.4 Å². The molecule has 0 saturated carbocycles. The number of morpholine rings is 1. The summed E-state index contributed by atoms with van der Waals surface area (Å²) in [6.07, 6.45) is 5.65. The van der Waals surface area contributed by atoms with Gasteiger partial charge in [0.15, 0.2) is 0 Å². The van der Waals surface area contributed by atoms with E-state index in [1.165, 1.54) is 0 Å². The van der Waals surface area contributed by atoms with E-state index in [0.29, 0.717) is 22.2 Å². The second kappa shape index (κ2) is 12.7. The van der Waals surface area contributed by atoms with Gasteiger partial charge in [0, 0.05) is 48.8 Å². The predicted molar refractivity (Wildman–Crippen MR) is 156 cm³/mol. The number of anilines is 3. The number of aromatic nitrogens is 6. The van der Waals surface area contributed by atoms with Crippen molar-refractivity contribution in [1.29, 1.82) is 0 Å². The number of ether oxygens (including phenoxy) is 1. The average Bonchev–Trinajstić information content (AvgIpc) is 3.63. The van der Waals surface area contributed by atoms with Gasteiger partial charge in [-0.05, 0) is 30.3 Å². The third-order valence-electron chi connectivity index (χ3n) is 6.15. The van der Waals surface area contributed by atoms with Crippen LogP contribution in [0.1, 0.15) is 0 Å². The van der Waals surface area contributed by atoms with Gasteiger partial charge in [0.1, 0.15) is 5.82 Å². The van der Waals surface area contributed by atoms with Crippen LogP contribution in [0.2, 0.25) is 0 Å². The minimum atomic E-state index is -3.86. The molecule has 0 amide bonds. The van der Waals surface area contributed by atoms with Crippen LogP contribution in [0.4, 0.5) is 16.6 Å². The quantitative estimate of drug-likeness (QED) is 0.247. The molecule has 5 heterocycles. The van der Waals surface area contributed by atoms with Crippen LogP contribution in [0, 0.1) is 0 Å². The summed E-state index contributed by atoms with van der Waals surface area (Å²) in [4.78, 5) is 11.6. The minimum absolute atomic E-state index is 0. The van der Waals surface area contributed by atoms with Crippen LogP contribution in [-0.4, -0.2) is 106 Å². The zero-order valence-corrected chi connectivity index (χ0v) is 22.4. The van der Waals surface area contributed by atoms with Gasteiger partial charge in [-0.15, -0.1) is 10.2 Å². The first-order valence-corrected chi connectivity index (χ1v) is 14.6. The number of nitrogens with zero attached hydrogens (tertiary/aromatic N) is 7. The second-order valence-electron chi connectivity index (χ2n) is 8.87. The zero-order chi connectivity index (χ0) is 26.7. The Morgan fingerprint density at radius 1 is 0.950 bits per heavy atom. The topological polar surface area (TPSA) is 140 Å². The molecule has 40 heavy (non-hydrogen) atoms. The Hall–Kier alpha value is -2.98. The molecule has 2 N–H and O–H groups in total. The standard InChI is InChI=1S/C25H25N9O3S2.Na.H/c35-39(36,32-20-4-2-1-3-5-20)25-31-30-24(38-25)29-23-7-6-21-22(28-23)14-18(15-26-21)19-16-27-34(17-19)9-8-33-10-12-37-13-11-33;;/h1-7,14-17,32H,8-13H2,(H,28,29,30);;. The molecule has 0 atom stereocenters. The molecule has 5 aromatic rings. The molecule has 0 aliphatic carbocycles. The molecule has 0 bridgehead atoms. The van der Waals surface area contributed by atoms with Crippen LogP contribution in [0.5, 0.6) is 0 Å². The summed E-state index contributed by atoms with van der Waals surface area (Å²) < 4.78 is 35.0. The van der Waals surface area contributed by atoms with E-state index in [2.05, 4.69) is 40.2 Å². The maximum atomic E-state index is 12.7. The first-order valence-electron chi connectivity index (χ1n) is 12.3. The number of pyridine rings is 2. The number of para-hydroxylation sites is 1. The number of rotatable bonds is 9. The number of sulfonamides is 1. The molecule has 1 fully saturated rings. The fourth-order valence-corrected chi connectivity index (χ4v) is 6.09. The van der Waals surface area contributed by atoms with Crippen LogP contribution < -0.4 is 10.0 Å². The Morgan fingerprint density at radius 2 is 1.77 bits per heavy atom. The van der Waals surface area contributed by atoms with E-state index in [1.807, 2.05) is 35.4 Å². The van der Waals surface area contributed by atoms with E-state index >= 15 is 0 Å². The third-order valence-corrected chi connectivity index (χ3v) is 8.74. The molecule has 15 heteroatoms. The van der Waals surface area contributed by atoms with Crippen LogP contribution in [0.25, 0.3) is 22.2 Å². The van der Waals surface area contributed by atoms with Gasteiger partial charge < -0.3 is 10.1 Å². The average molecular weight is 588 g/mol. The molecule has 1 saturated heterocycles. The molecule has 0 radical (unpaired) electrons. The Kier molecular flexibility index (Phi) is 9.05. The van der Waals surface area contributed by atoms with E-state index in [1.54, 1.807) is 36.4 Å². The van der Waals surface area contributed by atoms with Crippen molar-refractivity contribution in [2.75, 3.05) is 42.9 Å². The summed E-state index contributed by atoms with van der Waals surface area (Å²) in [5.41, 5.74) is 3.72. The Morgan fingerprint density at radius 3 is 2.60 bits per heavy atom. The van der Waals surface area contributed by atoms with E-state index in [4.69, 9.17) is 4.74 Å². The van der Waals surface area contributed by atoms with Crippen molar-refractivity contribution in [3.8, 4) is 11.1 Å². The summed E-state index contributed by atoms with van der Waals surface area (Å²) in [7, 11) is -3.86. The molecule has 6 rings (SSSR count). The molecule has 202 valence electrons. The number of hydrogen-bond donors (Lipinski definition) is 2. The van der Waals surface area contributed by atoms with Gasteiger partial charge >= 0.3 is 29.6 Å². The van der Waals surface area contributed by atoms with Crippen molar-refractivity contribution in [2.24, 2.45) is 0 Å². The number of nitrogens with one attached hydrogen (secondary N) is 2. The first kappa shape index (κ1) is 28.5. The summed E-state index contributed by atoms with van der Waals surface area (Å²) in [6, 6.07) is 14.2. The monoisotopic (exact) mass is 587 g/mol. The molecule has 12 nitrogen and oxygen atoms in total. The molecule has 4 aromatic heterocycles. The Balaban J connectivity index is 0.00000323. The van der Waals surface area contributed by atoms with Crippen molar-refractivity contribution in [1.82, 2.24) is 34.8 Å². The Bertz CT molecular complexity index is 1690. The van der Waals surface area contributed by atoms with E-state index in [0.717, 1.165) is 67.4 Å². The maximum absolute atomic E-state index is 12.7. The van der Waals surface area contributed by atoms with E-state index < -0.39 is 10.0 Å². The van der Waals surface area contributed by atoms with Crippen molar-refractivity contribution < 1.29 is 13.2 Å². The second-order valence-corrected chi connectivity index (χ2v) is 11.7. The number of hydrogen-bond acceptors (Lipinski definition) is 11. The van der Waals surface area contributed by atoms with Crippen molar-refractivity contribution >= 4 is 78.6 Å². The van der Waals surface area contributed by atoms with E-state index in [-0.39, 0.29) is 33.9 Å². The molecule has 0 unspecified atom stereocenters. The molecule has 1 aliphatic rings. The SMILES string of the molecule is O=S(=O)(Nc1ccccc1)c1nnc(Nc2ccc3ncc(-c4cnn(CCN5CCOCC5)c4)cc3n2)s1.[NaH]. The summed E-state index contributed by atoms with van der Waals surface area (Å²) in [5.74, 6) is 0.499. The van der Waals surface area contributed by atoms with Crippen LogP contribution >= 0.6 is 11.3 Å². The van der Waals surface area contributed by atoms with Gasteiger partial charge in [-0.3, -0.25) is 19.3 Å². The molecule has 1 aromatic carbocycles. The van der Waals surface area contributed by atoms with Crippen molar-refractivity contribution in [3.05, 3.63) is 67.1 Å². The zero-order valence-electron chi connectivity index (χ0n) is 20.8. The summed E-state index contributed by atoms with van der Waals surface area (Å²) >= 11 is 0.916. The number of fused-ring (bicyclic) bond motifs is 1. The van der Waals surface area contributed by atoms with Gasteiger partial charge in [-0.1, -0.05) is 29.5 Å². The van der Waals surface area contributed by atoms with Gasteiger partial charge in [0.2, 0.25) is 5.13 Å². The van der Waals surface area contributed by atoms with Crippen LogP contribution in [0.15, 0.2) is 71.5 Å². The third kappa shape index (κ3) is 6.83. The van der Waals surface area contributed by atoms with Crippen molar-refractivity contribution in [2.45, 2.75) is 10.9 Å². The van der Waals surface area contributed by atoms with Crippen LogP contribution in [0.3, 0.4) is 0 Å². The van der Waals surface area contributed by atoms with Crippen LogP contribution in [-0.2, 0) is 21.3 Å². The van der Waals surface area contributed by atoms with Gasteiger partial charge in [-0.25, -0.2) is 4.98 Å². The van der Waals surface area contributed by atoms with Crippen molar-refractivity contribution in [3.63, 3.8) is 0 Å².